The average molecular weight is 323 g/mol. The van der Waals surface area contributed by atoms with Crippen molar-refractivity contribution in [2.24, 2.45) is 0 Å². The van der Waals surface area contributed by atoms with Crippen molar-refractivity contribution < 1.29 is 9.59 Å². The second-order valence-electron chi connectivity index (χ2n) is 4.20. The van der Waals surface area contributed by atoms with E-state index in [1.54, 1.807) is 42.5 Å². The predicted octanol–water partition coefficient (Wildman–Crippen LogP) is 3.65. The van der Waals surface area contributed by atoms with Crippen LogP contribution < -0.4 is 10.2 Å². The molecule has 0 atom stereocenters. The molecule has 2 amide bonds. The number of amides is 2. The molecule has 0 aromatic heterocycles. The number of nitrogens with zero attached hydrogens (tertiary/aromatic N) is 1. The van der Waals surface area contributed by atoms with E-state index in [9.17, 15) is 9.59 Å². The Hall–Kier alpha value is -2.04. The average Bonchev–Trinajstić information content (AvgIpc) is 2.47. The molecule has 108 valence electrons. The number of carbonyl (C=O) groups excluding carboxylic acids is 2. The van der Waals surface area contributed by atoms with Gasteiger partial charge in [-0.1, -0.05) is 29.3 Å². The first-order valence-corrected chi connectivity index (χ1v) is 6.84. The summed E-state index contributed by atoms with van der Waals surface area (Å²) in [5.74, 6) is -0.310. The summed E-state index contributed by atoms with van der Waals surface area (Å²) in [4.78, 5) is 24.8. The van der Waals surface area contributed by atoms with Gasteiger partial charge in [-0.25, -0.2) is 0 Å². The smallest absolute Gasteiger partial charge is 0.253 e. The second-order valence-corrected chi connectivity index (χ2v) is 5.07. The molecule has 0 aliphatic rings. The Labute approximate surface area is 132 Å². The summed E-state index contributed by atoms with van der Waals surface area (Å²) in [6, 6.07) is 11.5. The number of benzene rings is 2. The maximum atomic E-state index is 11.9. The Balaban J connectivity index is 2.59. The molecule has 0 aliphatic heterocycles. The molecule has 1 N–H and O–H groups in total. The molecule has 0 radical (unpaired) electrons. The quantitative estimate of drug-likeness (QED) is 0.873. The molecule has 0 spiro atoms. The van der Waals surface area contributed by atoms with E-state index in [1.807, 2.05) is 0 Å². The fourth-order valence-corrected chi connectivity index (χ4v) is 2.26. The highest BCUT2D eigenvalue weighted by molar-refractivity contribution is 6.31. The molecular formula is C15H12Cl2N2O2. The zero-order valence-corrected chi connectivity index (χ0v) is 12.7. The maximum Gasteiger partial charge on any atom is 0.253 e. The van der Waals surface area contributed by atoms with Crippen LogP contribution in [0.2, 0.25) is 10.0 Å². The summed E-state index contributed by atoms with van der Waals surface area (Å²) >= 11 is 11.9. The second kappa shape index (κ2) is 6.61. The maximum absolute atomic E-state index is 11.9. The summed E-state index contributed by atoms with van der Waals surface area (Å²) in [5.41, 5.74) is 1.28. The molecule has 2 aromatic rings. The Morgan fingerprint density at radius 1 is 1.14 bits per heavy atom. The van der Waals surface area contributed by atoms with Crippen molar-refractivity contribution >= 4 is 46.9 Å². The van der Waals surface area contributed by atoms with Gasteiger partial charge in [0, 0.05) is 17.1 Å². The topological polar surface area (TPSA) is 49.4 Å². The van der Waals surface area contributed by atoms with Crippen LogP contribution in [0.3, 0.4) is 0 Å². The Kier molecular flexibility index (Phi) is 4.83. The highest BCUT2D eigenvalue weighted by Crippen LogP contribution is 2.31. The number of hydrogen-bond acceptors (Lipinski definition) is 2. The van der Waals surface area contributed by atoms with Gasteiger partial charge in [0.2, 0.25) is 6.41 Å². The molecule has 0 bridgehead atoms. The zero-order valence-electron chi connectivity index (χ0n) is 11.1. The third kappa shape index (κ3) is 3.35. The minimum Gasteiger partial charge on any atom is -0.355 e. The SMILES string of the molecule is CNC(=O)c1ccc(Cl)cc1N(C=O)c1cccc(Cl)c1. The highest BCUT2D eigenvalue weighted by Gasteiger charge is 2.17. The molecule has 0 unspecified atom stereocenters. The van der Waals surface area contributed by atoms with Crippen LogP contribution in [-0.4, -0.2) is 19.4 Å². The van der Waals surface area contributed by atoms with E-state index in [2.05, 4.69) is 5.32 Å². The van der Waals surface area contributed by atoms with Crippen molar-refractivity contribution in [3.05, 3.63) is 58.1 Å². The lowest BCUT2D eigenvalue weighted by molar-refractivity contribution is -0.106. The van der Waals surface area contributed by atoms with Crippen molar-refractivity contribution in [1.29, 1.82) is 0 Å². The molecule has 4 nitrogen and oxygen atoms in total. The van der Waals surface area contributed by atoms with Crippen LogP contribution in [0.4, 0.5) is 11.4 Å². The first-order valence-electron chi connectivity index (χ1n) is 6.08. The van der Waals surface area contributed by atoms with Crippen LogP contribution in [-0.2, 0) is 4.79 Å². The lowest BCUT2D eigenvalue weighted by Gasteiger charge is -2.21. The Morgan fingerprint density at radius 3 is 2.48 bits per heavy atom. The lowest BCUT2D eigenvalue weighted by atomic mass is 10.1. The van der Waals surface area contributed by atoms with Crippen molar-refractivity contribution in [2.75, 3.05) is 11.9 Å². The van der Waals surface area contributed by atoms with Crippen LogP contribution in [0, 0.1) is 0 Å². The van der Waals surface area contributed by atoms with E-state index in [4.69, 9.17) is 23.2 Å². The molecule has 2 aromatic carbocycles. The van der Waals surface area contributed by atoms with Gasteiger partial charge < -0.3 is 5.32 Å². The number of hydrogen-bond donors (Lipinski definition) is 1. The van der Waals surface area contributed by atoms with Gasteiger partial charge in [-0.2, -0.15) is 0 Å². The van der Waals surface area contributed by atoms with E-state index in [0.29, 0.717) is 33.4 Å². The molecule has 0 saturated carbocycles. The van der Waals surface area contributed by atoms with Gasteiger partial charge in [0.1, 0.15) is 0 Å². The van der Waals surface area contributed by atoms with Gasteiger partial charge >= 0.3 is 0 Å². The van der Waals surface area contributed by atoms with E-state index in [-0.39, 0.29) is 5.91 Å². The third-order valence-electron chi connectivity index (χ3n) is 2.88. The van der Waals surface area contributed by atoms with Crippen LogP contribution in [0.15, 0.2) is 42.5 Å². The number of nitrogens with one attached hydrogen (secondary N) is 1. The van der Waals surface area contributed by atoms with Crippen LogP contribution in [0.5, 0.6) is 0 Å². The molecule has 6 heteroatoms. The van der Waals surface area contributed by atoms with Crippen molar-refractivity contribution in [3.63, 3.8) is 0 Å². The molecule has 0 saturated heterocycles. The summed E-state index contributed by atoms with van der Waals surface area (Å²) in [6.45, 7) is 0. The zero-order chi connectivity index (χ0) is 15.4. The molecule has 21 heavy (non-hydrogen) atoms. The molecule has 0 aliphatic carbocycles. The predicted molar refractivity (Wildman–Crippen MR) is 84.5 cm³/mol. The van der Waals surface area contributed by atoms with Crippen LogP contribution in [0.1, 0.15) is 10.4 Å². The minimum absolute atomic E-state index is 0.310. The summed E-state index contributed by atoms with van der Waals surface area (Å²) < 4.78 is 0. The fraction of sp³-hybridized carbons (Fsp3) is 0.0667. The van der Waals surface area contributed by atoms with Gasteiger partial charge in [-0.3, -0.25) is 14.5 Å². The molecule has 2 rings (SSSR count). The van der Waals surface area contributed by atoms with Crippen molar-refractivity contribution in [2.45, 2.75) is 0 Å². The van der Waals surface area contributed by atoms with E-state index in [1.165, 1.54) is 11.9 Å². The van der Waals surface area contributed by atoms with Crippen molar-refractivity contribution in [3.8, 4) is 0 Å². The molecule has 0 fully saturated rings. The largest absolute Gasteiger partial charge is 0.355 e. The monoisotopic (exact) mass is 322 g/mol. The standard InChI is InChI=1S/C15H12Cl2N2O2/c1-18-15(21)13-6-5-11(17)8-14(13)19(9-20)12-4-2-3-10(16)7-12/h2-9H,1H3,(H,18,21). The minimum atomic E-state index is -0.310. The normalized spacial score (nSPS) is 10.0. The van der Waals surface area contributed by atoms with Gasteiger partial charge in [0.25, 0.3) is 5.91 Å². The number of carbonyl (C=O) groups is 2. The highest BCUT2D eigenvalue weighted by atomic mass is 35.5. The lowest BCUT2D eigenvalue weighted by Crippen LogP contribution is -2.23. The number of rotatable bonds is 4. The van der Waals surface area contributed by atoms with Crippen molar-refractivity contribution in [1.82, 2.24) is 5.32 Å². The van der Waals surface area contributed by atoms with Gasteiger partial charge in [-0.05, 0) is 36.4 Å². The van der Waals surface area contributed by atoms with E-state index < -0.39 is 0 Å². The Morgan fingerprint density at radius 2 is 1.86 bits per heavy atom. The first kappa shape index (κ1) is 15.4. The first-order chi connectivity index (χ1) is 10.1. The molecule has 0 heterocycles. The number of anilines is 2. The Bertz CT molecular complexity index is 689. The summed E-state index contributed by atoms with van der Waals surface area (Å²) in [5, 5.41) is 3.44. The van der Waals surface area contributed by atoms with Gasteiger partial charge in [0.15, 0.2) is 0 Å². The fourth-order valence-electron chi connectivity index (χ4n) is 1.91. The van der Waals surface area contributed by atoms with E-state index in [0.717, 1.165) is 0 Å². The summed E-state index contributed by atoms with van der Waals surface area (Å²) in [7, 11) is 1.52. The van der Waals surface area contributed by atoms with Crippen LogP contribution in [0.25, 0.3) is 0 Å². The van der Waals surface area contributed by atoms with Gasteiger partial charge in [0.05, 0.1) is 16.9 Å². The van der Waals surface area contributed by atoms with Gasteiger partial charge in [-0.15, -0.1) is 0 Å². The number of halogens is 2. The third-order valence-corrected chi connectivity index (χ3v) is 3.35. The summed E-state index contributed by atoms with van der Waals surface area (Å²) in [6.07, 6.45) is 0.615. The molecular weight excluding hydrogens is 311 g/mol. The van der Waals surface area contributed by atoms with Crippen LogP contribution >= 0.6 is 23.2 Å². The van der Waals surface area contributed by atoms with E-state index >= 15 is 0 Å².